The number of rotatable bonds is 4. The molecular formula is C10H16N4O3S. The van der Waals surface area contributed by atoms with Gasteiger partial charge in [-0.1, -0.05) is 0 Å². The van der Waals surface area contributed by atoms with Gasteiger partial charge in [-0.2, -0.15) is 4.31 Å². The van der Waals surface area contributed by atoms with Gasteiger partial charge in [0.2, 0.25) is 16.0 Å². The number of hydrogen-bond acceptors (Lipinski definition) is 6. The van der Waals surface area contributed by atoms with Gasteiger partial charge >= 0.3 is 0 Å². The van der Waals surface area contributed by atoms with E-state index in [2.05, 4.69) is 15.3 Å². The maximum atomic E-state index is 12.2. The molecule has 100 valence electrons. The number of anilines is 1. The number of aliphatic hydroxyl groups excluding tert-OH is 1. The van der Waals surface area contributed by atoms with Crippen LogP contribution in [-0.2, 0) is 10.0 Å². The molecule has 2 heterocycles. The lowest BCUT2D eigenvalue weighted by Crippen LogP contribution is -2.29. The molecule has 1 aliphatic rings. The topological polar surface area (TPSA) is 95.4 Å². The quantitative estimate of drug-likeness (QED) is 0.768. The van der Waals surface area contributed by atoms with Crippen molar-refractivity contribution in [2.75, 3.05) is 32.1 Å². The zero-order valence-electron chi connectivity index (χ0n) is 10.1. The van der Waals surface area contributed by atoms with Gasteiger partial charge in [0.25, 0.3) is 0 Å². The van der Waals surface area contributed by atoms with Crippen LogP contribution in [0.3, 0.4) is 0 Å². The normalized spacial score (nSPS) is 21.1. The number of aromatic nitrogens is 2. The van der Waals surface area contributed by atoms with Crippen LogP contribution in [0.25, 0.3) is 0 Å². The Morgan fingerprint density at radius 2 is 2.17 bits per heavy atom. The first-order valence-corrected chi connectivity index (χ1v) is 7.12. The first-order valence-electron chi connectivity index (χ1n) is 5.68. The Morgan fingerprint density at radius 3 is 2.67 bits per heavy atom. The molecule has 1 unspecified atom stereocenters. The fraction of sp³-hybridized carbons (Fsp3) is 0.600. The molecule has 1 atom stereocenters. The van der Waals surface area contributed by atoms with Crippen molar-refractivity contribution >= 4 is 16.0 Å². The Hall–Kier alpha value is -1.25. The summed E-state index contributed by atoms with van der Waals surface area (Å²) in [6.07, 6.45) is 3.27. The van der Waals surface area contributed by atoms with Gasteiger partial charge in [-0.3, -0.25) is 0 Å². The zero-order valence-corrected chi connectivity index (χ0v) is 10.9. The Morgan fingerprint density at radius 1 is 1.50 bits per heavy atom. The van der Waals surface area contributed by atoms with Gasteiger partial charge in [0.15, 0.2) is 0 Å². The molecule has 8 heteroatoms. The second kappa shape index (κ2) is 5.17. The van der Waals surface area contributed by atoms with Crippen molar-refractivity contribution in [1.29, 1.82) is 0 Å². The highest BCUT2D eigenvalue weighted by Gasteiger charge is 2.32. The van der Waals surface area contributed by atoms with E-state index in [9.17, 15) is 8.42 Å². The Balaban J connectivity index is 2.20. The van der Waals surface area contributed by atoms with E-state index < -0.39 is 10.0 Å². The van der Waals surface area contributed by atoms with E-state index in [0.717, 1.165) is 0 Å². The molecule has 18 heavy (non-hydrogen) atoms. The van der Waals surface area contributed by atoms with E-state index in [1.54, 1.807) is 7.05 Å². The van der Waals surface area contributed by atoms with E-state index in [1.807, 2.05) is 0 Å². The molecule has 1 fully saturated rings. The summed E-state index contributed by atoms with van der Waals surface area (Å²) in [6.45, 7) is 0.801. The number of nitrogens with zero attached hydrogens (tertiary/aromatic N) is 3. The third-order valence-electron chi connectivity index (χ3n) is 3.00. The maximum Gasteiger partial charge on any atom is 0.246 e. The first kappa shape index (κ1) is 13.2. The zero-order chi connectivity index (χ0) is 13.2. The summed E-state index contributed by atoms with van der Waals surface area (Å²) in [4.78, 5) is 7.88. The average molecular weight is 272 g/mol. The number of aliphatic hydroxyl groups is 1. The van der Waals surface area contributed by atoms with Crippen LogP contribution in [0.5, 0.6) is 0 Å². The van der Waals surface area contributed by atoms with Crippen LogP contribution in [0.4, 0.5) is 5.95 Å². The molecule has 1 saturated heterocycles. The Kier molecular flexibility index (Phi) is 3.79. The third-order valence-corrected chi connectivity index (χ3v) is 4.81. The van der Waals surface area contributed by atoms with Crippen molar-refractivity contribution < 1.29 is 13.5 Å². The second-order valence-electron chi connectivity index (χ2n) is 4.19. The molecular weight excluding hydrogens is 256 g/mol. The smallest absolute Gasteiger partial charge is 0.246 e. The summed E-state index contributed by atoms with van der Waals surface area (Å²) >= 11 is 0. The highest BCUT2D eigenvalue weighted by Crippen LogP contribution is 2.23. The average Bonchev–Trinajstić information content (AvgIpc) is 2.88. The molecule has 0 aromatic carbocycles. The van der Waals surface area contributed by atoms with E-state index in [-0.39, 0.29) is 17.4 Å². The van der Waals surface area contributed by atoms with Crippen LogP contribution in [0.2, 0.25) is 0 Å². The number of nitrogens with one attached hydrogen (secondary N) is 1. The van der Waals surface area contributed by atoms with E-state index in [4.69, 9.17) is 5.11 Å². The molecule has 1 aromatic heterocycles. The fourth-order valence-electron chi connectivity index (χ4n) is 1.89. The monoisotopic (exact) mass is 272 g/mol. The van der Waals surface area contributed by atoms with Gasteiger partial charge in [-0.15, -0.1) is 0 Å². The van der Waals surface area contributed by atoms with Crippen molar-refractivity contribution in [3.8, 4) is 0 Å². The van der Waals surface area contributed by atoms with Crippen molar-refractivity contribution in [2.24, 2.45) is 5.92 Å². The van der Waals surface area contributed by atoms with Crippen LogP contribution < -0.4 is 5.32 Å². The van der Waals surface area contributed by atoms with Crippen molar-refractivity contribution in [3.63, 3.8) is 0 Å². The second-order valence-corrected chi connectivity index (χ2v) is 6.13. The summed E-state index contributed by atoms with van der Waals surface area (Å²) in [5.74, 6) is 0.404. The molecule has 0 radical (unpaired) electrons. The molecule has 0 spiro atoms. The Bertz CT molecular complexity index is 502. The van der Waals surface area contributed by atoms with E-state index in [0.29, 0.717) is 25.5 Å². The predicted molar refractivity (Wildman–Crippen MR) is 65.5 cm³/mol. The van der Waals surface area contributed by atoms with Crippen molar-refractivity contribution in [3.05, 3.63) is 12.4 Å². The van der Waals surface area contributed by atoms with Crippen LogP contribution in [0, 0.1) is 5.92 Å². The minimum atomic E-state index is -3.54. The van der Waals surface area contributed by atoms with Crippen LogP contribution >= 0.6 is 0 Å². The molecule has 0 amide bonds. The van der Waals surface area contributed by atoms with E-state index in [1.165, 1.54) is 16.7 Å². The SMILES string of the molecule is CNc1ncc(S(=O)(=O)N2CCC(CO)C2)cn1. The largest absolute Gasteiger partial charge is 0.396 e. The van der Waals surface area contributed by atoms with Gasteiger partial charge in [-0.05, 0) is 12.3 Å². The Labute approximate surface area is 106 Å². The van der Waals surface area contributed by atoms with Crippen molar-refractivity contribution in [2.45, 2.75) is 11.3 Å². The lowest BCUT2D eigenvalue weighted by atomic mass is 10.1. The van der Waals surface area contributed by atoms with Gasteiger partial charge in [-0.25, -0.2) is 18.4 Å². The lowest BCUT2D eigenvalue weighted by molar-refractivity contribution is 0.233. The van der Waals surface area contributed by atoms with E-state index >= 15 is 0 Å². The number of sulfonamides is 1. The van der Waals surface area contributed by atoms with Gasteiger partial charge < -0.3 is 10.4 Å². The minimum Gasteiger partial charge on any atom is -0.396 e. The molecule has 0 aliphatic carbocycles. The summed E-state index contributed by atoms with van der Waals surface area (Å²) in [5, 5.41) is 11.8. The third kappa shape index (κ3) is 2.45. The van der Waals surface area contributed by atoms with Gasteiger partial charge in [0.05, 0.1) is 12.4 Å². The molecule has 2 rings (SSSR count). The lowest BCUT2D eigenvalue weighted by Gasteiger charge is -2.15. The van der Waals surface area contributed by atoms with Crippen LogP contribution in [0.15, 0.2) is 17.3 Å². The molecule has 0 bridgehead atoms. The fourth-order valence-corrected chi connectivity index (χ4v) is 3.31. The number of hydrogen-bond donors (Lipinski definition) is 2. The van der Waals surface area contributed by atoms with Crippen LogP contribution in [-0.4, -0.2) is 54.5 Å². The van der Waals surface area contributed by atoms with Gasteiger partial charge in [0, 0.05) is 26.7 Å². The molecule has 2 N–H and O–H groups in total. The summed E-state index contributed by atoms with van der Waals surface area (Å²) in [5.41, 5.74) is 0. The minimum absolute atomic E-state index is 0.0151. The van der Waals surface area contributed by atoms with Crippen molar-refractivity contribution in [1.82, 2.24) is 14.3 Å². The summed E-state index contributed by atoms with van der Waals surface area (Å²) in [6, 6.07) is 0. The molecule has 0 saturated carbocycles. The molecule has 1 aromatic rings. The first-order chi connectivity index (χ1) is 8.57. The highest BCUT2D eigenvalue weighted by molar-refractivity contribution is 7.89. The standard InChI is InChI=1S/C10H16N4O3S/c1-11-10-12-4-9(5-13-10)18(16,17)14-3-2-8(6-14)7-15/h4-5,8,15H,2-3,6-7H2,1H3,(H,11,12,13). The summed E-state index contributed by atoms with van der Waals surface area (Å²) < 4.78 is 25.8. The summed E-state index contributed by atoms with van der Waals surface area (Å²) in [7, 11) is -1.87. The highest BCUT2D eigenvalue weighted by atomic mass is 32.2. The molecule has 7 nitrogen and oxygen atoms in total. The van der Waals surface area contributed by atoms with Crippen LogP contribution in [0.1, 0.15) is 6.42 Å². The van der Waals surface area contributed by atoms with Gasteiger partial charge in [0.1, 0.15) is 4.90 Å². The predicted octanol–water partition coefficient (Wildman–Crippen LogP) is -0.479. The molecule has 1 aliphatic heterocycles. The maximum absolute atomic E-state index is 12.2.